The topological polar surface area (TPSA) is 75.6 Å². The Hall–Kier alpha value is -3.40. The maximum Gasteiger partial charge on any atom is 0.186 e. The van der Waals surface area contributed by atoms with Gasteiger partial charge in [-0.25, -0.2) is 0 Å². The fourth-order valence-corrected chi connectivity index (χ4v) is 5.16. The van der Waals surface area contributed by atoms with E-state index < -0.39 is 36.8 Å². The molecule has 5 rings (SSSR count). The van der Waals surface area contributed by atoms with Gasteiger partial charge in [-0.2, -0.15) is 0 Å². The summed E-state index contributed by atoms with van der Waals surface area (Å²) in [7, 11) is 1.57. The quantitative estimate of drug-likeness (QED) is 0.192. The van der Waals surface area contributed by atoms with Gasteiger partial charge in [-0.05, 0) is 22.3 Å². The first-order valence-electron chi connectivity index (χ1n) is 14.7. The standard InChI is InChI=1S/C36H40O7/c1-38-36-35(42-25-30-20-12-5-13-21-30)34(41-24-29-18-10-4-11-19-29)33(40-23-28-16-8-3-9-17-28)32(43-36)31(37)26-39-22-27-14-6-2-7-15-27/h2-21,31-37H,22-26H2,1H3/t31-,32-,33+,34+,35-,36+/m1/s1. The summed E-state index contributed by atoms with van der Waals surface area (Å²) in [5.41, 5.74) is 4.03. The predicted octanol–water partition coefficient (Wildman–Crippen LogP) is 5.69. The smallest absolute Gasteiger partial charge is 0.186 e. The molecule has 0 spiro atoms. The molecule has 0 saturated carbocycles. The highest BCUT2D eigenvalue weighted by Gasteiger charge is 2.51. The summed E-state index contributed by atoms with van der Waals surface area (Å²) in [5, 5.41) is 11.4. The summed E-state index contributed by atoms with van der Waals surface area (Å²) in [6.07, 6.45) is -4.58. The summed E-state index contributed by atoms with van der Waals surface area (Å²) in [6, 6.07) is 39.6. The van der Waals surface area contributed by atoms with E-state index in [-0.39, 0.29) is 6.61 Å². The maximum atomic E-state index is 11.4. The summed E-state index contributed by atoms with van der Waals surface area (Å²) >= 11 is 0. The average Bonchev–Trinajstić information content (AvgIpc) is 3.07. The third-order valence-electron chi connectivity index (χ3n) is 7.40. The van der Waals surface area contributed by atoms with Crippen molar-refractivity contribution in [2.24, 2.45) is 0 Å². The number of hydrogen-bond acceptors (Lipinski definition) is 7. The van der Waals surface area contributed by atoms with Gasteiger partial charge >= 0.3 is 0 Å². The van der Waals surface area contributed by atoms with Crippen LogP contribution >= 0.6 is 0 Å². The lowest BCUT2D eigenvalue weighted by Crippen LogP contribution is -2.63. The highest BCUT2D eigenvalue weighted by molar-refractivity contribution is 5.16. The molecule has 0 unspecified atom stereocenters. The van der Waals surface area contributed by atoms with Crippen molar-refractivity contribution in [2.75, 3.05) is 13.7 Å². The zero-order chi connectivity index (χ0) is 29.7. The summed E-state index contributed by atoms with van der Waals surface area (Å²) < 4.78 is 37.7. The monoisotopic (exact) mass is 584 g/mol. The van der Waals surface area contributed by atoms with Gasteiger partial charge in [0.15, 0.2) is 6.29 Å². The molecule has 6 atom stereocenters. The minimum atomic E-state index is -1.01. The summed E-state index contributed by atoms with van der Waals surface area (Å²) in [6.45, 7) is 1.37. The lowest BCUT2D eigenvalue weighted by molar-refractivity contribution is -0.331. The molecular formula is C36H40O7. The fraction of sp³-hybridized carbons (Fsp3) is 0.333. The number of aliphatic hydroxyl groups is 1. The van der Waals surface area contributed by atoms with Gasteiger partial charge in [-0.15, -0.1) is 0 Å². The fourth-order valence-electron chi connectivity index (χ4n) is 5.16. The van der Waals surface area contributed by atoms with E-state index in [1.54, 1.807) is 7.11 Å². The van der Waals surface area contributed by atoms with Gasteiger partial charge in [-0.1, -0.05) is 121 Å². The molecular weight excluding hydrogens is 544 g/mol. The van der Waals surface area contributed by atoms with Crippen LogP contribution in [0.5, 0.6) is 0 Å². The first-order chi connectivity index (χ1) is 21.2. The molecule has 4 aromatic rings. The van der Waals surface area contributed by atoms with E-state index in [9.17, 15) is 5.11 Å². The first kappa shape index (κ1) is 31.0. The number of methoxy groups -OCH3 is 1. The van der Waals surface area contributed by atoms with E-state index in [0.29, 0.717) is 26.4 Å². The molecule has 7 nitrogen and oxygen atoms in total. The summed E-state index contributed by atoms with van der Waals surface area (Å²) in [5.74, 6) is 0. The van der Waals surface area contributed by atoms with Gasteiger partial charge in [0.05, 0.1) is 33.0 Å². The number of benzene rings is 4. The molecule has 226 valence electrons. The molecule has 0 amide bonds. The third-order valence-corrected chi connectivity index (χ3v) is 7.40. The van der Waals surface area contributed by atoms with E-state index >= 15 is 0 Å². The Kier molecular flexibility index (Phi) is 11.9. The largest absolute Gasteiger partial charge is 0.388 e. The van der Waals surface area contributed by atoms with Crippen molar-refractivity contribution < 1.29 is 33.5 Å². The third kappa shape index (κ3) is 9.05. The molecule has 1 saturated heterocycles. The molecule has 0 aliphatic carbocycles. The van der Waals surface area contributed by atoms with E-state index in [4.69, 9.17) is 28.4 Å². The normalized spacial score (nSPS) is 22.7. The Balaban J connectivity index is 1.39. The molecule has 0 bridgehead atoms. The van der Waals surface area contributed by atoms with Gasteiger partial charge in [0.2, 0.25) is 0 Å². The van der Waals surface area contributed by atoms with Gasteiger partial charge in [-0.3, -0.25) is 0 Å². The molecule has 1 heterocycles. The molecule has 1 fully saturated rings. The zero-order valence-electron chi connectivity index (χ0n) is 24.4. The minimum absolute atomic E-state index is 0.0438. The van der Waals surface area contributed by atoms with Crippen molar-refractivity contribution in [2.45, 2.75) is 63.2 Å². The van der Waals surface area contributed by atoms with Gasteiger partial charge in [0, 0.05) is 7.11 Å². The van der Waals surface area contributed by atoms with Crippen LogP contribution in [0.25, 0.3) is 0 Å². The second kappa shape index (κ2) is 16.4. The van der Waals surface area contributed by atoms with Crippen LogP contribution in [0, 0.1) is 0 Å². The number of hydrogen-bond donors (Lipinski definition) is 1. The second-order valence-electron chi connectivity index (χ2n) is 10.6. The van der Waals surface area contributed by atoms with Crippen molar-refractivity contribution in [1.29, 1.82) is 0 Å². The van der Waals surface area contributed by atoms with Gasteiger partial charge < -0.3 is 33.5 Å². The lowest BCUT2D eigenvalue weighted by Gasteiger charge is -2.46. The van der Waals surface area contributed by atoms with Gasteiger partial charge in [0.25, 0.3) is 0 Å². The van der Waals surface area contributed by atoms with Crippen LogP contribution in [0.2, 0.25) is 0 Å². The van der Waals surface area contributed by atoms with Crippen LogP contribution in [0.15, 0.2) is 121 Å². The molecule has 4 aromatic carbocycles. The van der Waals surface area contributed by atoms with E-state index in [1.807, 2.05) is 121 Å². The Labute approximate surface area is 253 Å². The molecule has 0 radical (unpaired) electrons. The molecule has 1 aliphatic rings. The zero-order valence-corrected chi connectivity index (χ0v) is 24.4. The summed E-state index contributed by atoms with van der Waals surface area (Å²) in [4.78, 5) is 0. The number of ether oxygens (including phenoxy) is 6. The second-order valence-corrected chi connectivity index (χ2v) is 10.6. The average molecular weight is 585 g/mol. The van der Waals surface area contributed by atoms with E-state index in [1.165, 1.54) is 0 Å². The van der Waals surface area contributed by atoms with Gasteiger partial charge in [0.1, 0.15) is 30.5 Å². The highest BCUT2D eigenvalue weighted by Crippen LogP contribution is 2.32. The van der Waals surface area contributed by atoms with Crippen LogP contribution in [0.3, 0.4) is 0 Å². The van der Waals surface area contributed by atoms with Crippen LogP contribution in [-0.2, 0) is 54.8 Å². The van der Waals surface area contributed by atoms with Crippen molar-refractivity contribution in [3.05, 3.63) is 144 Å². The molecule has 0 aromatic heterocycles. The van der Waals surface area contributed by atoms with Crippen molar-refractivity contribution in [1.82, 2.24) is 0 Å². The first-order valence-corrected chi connectivity index (χ1v) is 14.7. The van der Waals surface area contributed by atoms with Crippen LogP contribution in [-0.4, -0.2) is 55.6 Å². The van der Waals surface area contributed by atoms with E-state index in [0.717, 1.165) is 22.3 Å². The van der Waals surface area contributed by atoms with Crippen LogP contribution < -0.4 is 0 Å². The predicted molar refractivity (Wildman–Crippen MR) is 163 cm³/mol. The Morgan fingerprint density at radius 3 is 1.40 bits per heavy atom. The highest BCUT2D eigenvalue weighted by atomic mass is 16.7. The Bertz CT molecular complexity index is 1310. The Morgan fingerprint density at radius 1 is 0.558 bits per heavy atom. The van der Waals surface area contributed by atoms with Crippen molar-refractivity contribution in [3.8, 4) is 0 Å². The number of aliphatic hydroxyl groups excluding tert-OH is 1. The molecule has 7 heteroatoms. The maximum absolute atomic E-state index is 11.4. The van der Waals surface area contributed by atoms with Crippen LogP contribution in [0.4, 0.5) is 0 Å². The van der Waals surface area contributed by atoms with E-state index in [2.05, 4.69) is 0 Å². The SMILES string of the molecule is CO[C@H]1O[C@H]([C@H](O)COCc2ccccc2)[C@H](OCc2ccccc2)[C@H](OCc2ccccc2)[C@H]1OCc1ccccc1. The van der Waals surface area contributed by atoms with Crippen molar-refractivity contribution >= 4 is 0 Å². The molecule has 1 N–H and O–H groups in total. The number of rotatable bonds is 15. The Morgan fingerprint density at radius 2 is 0.953 bits per heavy atom. The van der Waals surface area contributed by atoms with Crippen LogP contribution in [0.1, 0.15) is 22.3 Å². The molecule has 1 aliphatic heterocycles. The van der Waals surface area contributed by atoms with Crippen molar-refractivity contribution in [3.63, 3.8) is 0 Å². The lowest BCUT2D eigenvalue weighted by atomic mass is 9.94. The molecule has 43 heavy (non-hydrogen) atoms. The minimum Gasteiger partial charge on any atom is -0.388 e.